The predicted octanol–water partition coefficient (Wildman–Crippen LogP) is 5.97. The van der Waals surface area contributed by atoms with E-state index in [-0.39, 0.29) is 72.4 Å². The Morgan fingerprint density at radius 2 is 1.54 bits per heavy atom. The topological polar surface area (TPSA) is 226 Å². The van der Waals surface area contributed by atoms with E-state index in [0.717, 1.165) is 43.2 Å². The van der Waals surface area contributed by atoms with Crippen LogP contribution in [0.3, 0.4) is 0 Å². The predicted molar refractivity (Wildman–Crippen MR) is 247 cm³/mol. The summed E-state index contributed by atoms with van der Waals surface area (Å²) in [5.41, 5.74) is 21.5. The Balaban J connectivity index is 1.16. The normalized spacial score (nSPS) is 23.9. The first kappa shape index (κ1) is 50.1. The lowest BCUT2D eigenvalue weighted by Crippen LogP contribution is -2.65. The Labute approximate surface area is 375 Å². The molecule has 2 amide bonds. The molecule has 346 valence electrons. The van der Waals surface area contributed by atoms with Crippen molar-refractivity contribution >= 4 is 42.0 Å². The van der Waals surface area contributed by atoms with Gasteiger partial charge in [-0.25, -0.2) is 0 Å². The number of carbonyl (C=O) groups excluding carboxylic acids is 5. The number of rotatable bonds is 25. The van der Waals surface area contributed by atoms with E-state index >= 15 is 0 Å². The number of nitrogens with one attached hydrogen (secondary N) is 2. The highest BCUT2D eigenvalue weighted by atomic mass is 16.7. The zero-order chi connectivity index (χ0) is 46.2. The number of aliphatic hydroxyl groups is 1. The van der Waals surface area contributed by atoms with E-state index in [4.69, 9.17) is 26.5 Å². The third kappa shape index (κ3) is 11.9. The molecule has 3 aliphatic carbocycles. The van der Waals surface area contributed by atoms with Gasteiger partial charge in [-0.05, 0) is 130 Å². The second kappa shape index (κ2) is 21.8. The van der Waals surface area contributed by atoms with Crippen molar-refractivity contribution in [2.75, 3.05) is 18.8 Å². The zero-order valence-corrected chi connectivity index (χ0v) is 38.8. The van der Waals surface area contributed by atoms with E-state index in [2.05, 4.69) is 50.5 Å². The summed E-state index contributed by atoms with van der Waals surface area (Å²) < 4.78 is 13.1. The number of aliphatic hydroxyl groups excluding tert-OH is 1. The third-order valence-electron chi connectivity index (χ3n) is 14.5. The number of aryl methyl sites for hydroxylation is 1. The minimum absolute atomic E-state index is 0.00792. The first-order valence-electron chi connectivity index (χ1n) is 23.4. The Morgan fingerprint density at radius 3 is 2.16 bits per heavy atom. The van der Waals surface area contributed by atoms with Gasteiger partial charge in [0, 0.05) is 42.3 Å². The zero-order valence-electron chi connectivity index (χ0n) is 38.8. The number of unbranched alkanes of at least 4 members (excludes halogenated alkanes) is 2. The highest BCUT2D eigenvalue weighted by Gasteiger charge is 2.68. The van der Waals surface area contributed by atoms with Crippen LogP contribution in [0, 0.1) is 29.1 Å². The minimum atomic E-state index is -1.35. The molecule has 1 heterocycles. The van der Waals surface area contributed by atoms with Gasteiger partial charge in [0.05, 0.1) is 23.9 Å². The maximum atomic E-state index is 13.8. The molecule has 3 saturated carbocycles. The van der Waals surface area contributed by atoms with Gasteiger partial charge < -0.3 is 42.2 Å². The molecule has 0 spiro atoms. The number of Topliss-reactive ketones (excluding diaryl/α,β-unsaturated/α-hetero) is 3. The fourth-order valence-electron chi connectivity index (χ4n) is 10.2. The molecule has 13 nitrogen and oxygen atoms in total. The number of amides is 2. The van der Waals surface area contributed by atoms with E-state index in [1.807, 2.05) is 25.1 Å². The lowest BCUT2D eigenvalue weighted by molar-refractivity contribution is -0.199. The quantitative estimate of drug-likeness (QED) is 0.0295. The lowest BCUT2D eigenvalue weighted by atomic mass is 9.43. The summed E-state index contributed by atoms with van der Waals surface area (Å²) in [6, 6.07) is 11.3. The number of benzene rings is 2. The molecule has 14 heteroatoms. The number of carbonyl (C=O) groups is 5. The molecular formula is C49H74BN5O8. The molecule has 1 saturated heterocycles. The summed E-state index contributed by atoms with van der Waals surface area (Å²) in [7, 11) is -0.528. The molecule has 1 aliphatic heterocycles. The number of nitrogen functional groups attached to an aromatic ring is 1. The maximum Gasteiger partial charge on any atom is 0.461 e. The monoisotopic (exact) mass is 872 g/mol. The molecule has 0 radical (unpaired) electrons. The number of hydrogen-bond donors (Lipinski definition) is 6. The fourth-order valence-corrected chi connectivity index (χ4v) is 10.2. The van der Waals surface area contributed by atoms with E-state index < -0.39 is 60.3 Å². The molecule has 0 aromatic heterocycles. The van der Waals surface area contributed by atoms with Gasteiger partial charge >= 0.3 is 7.12 Å². The van der Waals surface area contributed by atoms with E-state index in [9.17, 15) is 29.1 Å². The van der Waals surface area contributed by atoms with Gasteiger partial charge in [0.25, 0.3) is 0 Å². The van der Waals surface area contributed by atoms with Crippen LogP contribution in [-0.4, -0.2) is 84.4 Å². The average Bonchev–Trinajstić information content (AvgIpc) is 3.61. The van der Waals surface area contributed by atoms with Crippen molar-refractivity contribution < 1.29 is 38.4 Å². The van der Waals surface area contributed by atoms with Crippen LogP contribution in [0.5, 0.6) is 0 Å². The molecular weight excluding hydrogens is 797 g/mol. The van der Waals surface area contributed by atoms with Crippen molar-refractivity contribution in [3.05, 3.63) is 53.6 Å². The molecule has 6 rings (SSSR count). The van der Waals surface area contributed by atoms with E-state index in [1.165, 1.54) is 12.5 Å². The number of ketones is 3. The molecule has 63 heavy (non-hydrogen) atoms. The van der Waals surface area contributed by atoms with Crippen LogP contribution in [0.15, 0.2) is 42.5 Å². The van der Waals surface area contributed by atoms with Crippen LogP contribution in [0.25, 0.3) is 11.1 Å². The highest BCUT2D eigenvalue weighted by molar-refractivity contribution is 6.47. The maximum absolute atomic E-state index is 13.8. The van der Waals surface area contributed by atoms with Crippen molar-refractivity contribution in [2.45, 2.75) is 161 Å². The summed E-state index contributed by atoms with van der Waals surface area (Å²) in [5.74, 6) is -3.22. The standard InChI is InChI=1S/C49H74BN5O8/c1-8-9-12-32-14-16-33(17-15-32)34-18-19-37(38(53)25-34)40(57)26-35(20-22-52)47(61)55-45(31(4)56)42(59)23-29(2)46(60)54-39(13-10-11-21-51)41(58)24-30(3)50-62-44-28-36-27-43(48(36,5)6)49(44,7)63-50/h14-19,25,29-31,35-36,39,43-45,56H,8-13,20-24,26-28,51-53H2,1-7H3,(H,54,60)(H,55,61)/t29-,30-,31-,35-,36+,39+,43+,44-,45+,49+/m1/s1. The van der Waals surface area contributed by atoms with Crippen molar-refractivity contribution in [3.63, 3.8) is 0 Å². The molecule has 2 bridgehead atoms. The van der Waals surface area contributed by atoms with Crippen molar-refractivity contribution in [3.8, 4) is 11.1 Å². The summed E-state index contributed by atoms with van der Waals surface area (Å²) in [5, 5.41) is 16.2. The van der Waals surface area contributed by atoms with Gasteiger partial charge in [-0.15, -0.1) is 0 Å². The molecule has 2 aromatic carbocycles. The number of hydrogen-bond acceptors (Lipinski definition) is 11. The van der Waals surface area contributed by atoms with Crippen LogP contribution in [-0.2, 0) is 34.9 Å². The Morgan fingerprint density at radius 1 is 0.841 bits per heavy atom. The summed E-state index contributed by atoms with van der Waals surface area (Å²) in [4.78, 5) is 68.4. The number of nitrogens with two attached hydrogens (primary N) is 3. The number of anilines is 1. The van der Waals surface area contributed by atoms with Crippen molar-refractivity contribution in [1.29, 1.82) is 0 Å². The van der Waals surface area contributed by atoms with Gasteiger partial charge in [0.2, 0.25) is 11.8 Å². The van der Waals surface area contributed by atoms with Crippen molar-refractivity contribution in [2.24, 2.45) is 40.6 Å². The first-order chi connectivity index (χ1) is 29.8. The molecule has 0 unspecified atom stereocenters. The van der Waals surface area contributed by atoms with Crippen LogP contribution in [0.2, 0.25) is 5.82 Å². The van der Waals surface area contributed by atoms with Gasteiger partial charge in [0.1, 0.15) is 6.04 Å². The molecule has 9 N–H and O–H groups in total. The van der Waals surface area contributed by atoms with Crippen LogP contribution < -0.4 is 27.8 Å². The SMILES string of the molecule is CCCCc1ccc(-c2ccc(C(=O)C[C@@H](CCN)C(=O)N[C@H](C(=O)C[C@@H](C)C(=O)N[C@@H](CCCCN)C(=O)C[C@@H](C)B3O[C@@H]4C[C@@H]5C[C@@H](C5(C)C)[C@]4(C)O3)[C@@H](C)O)c(N)c2)cc1. The summed E-state index contributed by atoms with van der Waals surface area (Å²) in [6.45, 7) is 14.3. The van der Waals surface area contributed by atoms with Crippen LogP contribution in [0.4, 0.5) is 5.69 Å². The van der Waals surface area contributed by atoms with E-state index in [1.54, 1.807) is 19.1 Å². The molecule has 10 atom stereocenters. The van der Waals surface area contributed by atoms with Crippen LogP contribution >= 0.6 is 0 Å². The second-order valence-corrected chi connectivity index (χ2v) is 19.6. The second-order valence-electron chi connectivity index (χ2n) is 19.6. The third-order valence-corrected chi connectivity index (χ3v) is 14.5. The van der Waals surface area contributed by atoms with Gasteiger partial charge in [0.15, 0.2) is 17.3 Å². The Kier molecular flexibility index (Phi) is 17.3. The summed E-state index contributed by atoms with van der Waals surface area (Å²) >= 11 is 0. The van der Waals surface area contributed by atoms with Gasteiger partial charge in [-0.1, -0.05) is 71.4 Å². The average molecular weight is 872 g/mol. The van der Waals surface area contributed by atoms with Crippen molar-refractivity contribution in [1.82, 2.24) is 10.6 Å². The largest absolute Gasteiger partial charge is 0.461 e. The Hall–Kier alpha value is -3.95. The fraction of sp³-hybridized carbons (Fsp3) is 0.653. The minimum Gasteiger partial charge on any atom is -0.405 e. The molecule has 4 aliphatic rings. The van der Waals surface area contributed by atoms with Gasteiger partial charge in [-0.3, -0.25) is 24.0 Å². The highest BCUT2D eigenvalue weighted by Crippen LogP contribution is 2.66. The molecule has 4 fully saturated rings. The Bertz CT molecular complexity index is 1920. The van der Waals surface area contributed by atoms with Gasteiger partial charge in [-0.2, -0.15) is 0 Å². The lowest BCUT2D eigenvalue weighted by Gasteiger charge is -2.64. The smallest absolute Gasteiger partial charge is 0.405 e. The first-order valence-corrected chi connectivity index (χ1v) is 23.4. The van der Waals surface area contributed by atoms with E-state index in [0.29, 0.717) is 37.6 Å². The van der Waals surface area contributed by atoms with Crippen LogP contribution in [0.1, 0.15) is 135 Å². The summed E-state index contributed by atoms with van der Waals surface area (Å²) in [6.07, 6.45) is 5.46. The molecule has 2 aromatic rings.